The molecular weight excluding hydrogens is 592 g/mol. The lowest BCUT2D eigenvalue weighted by atomic mass is 10.0. The first-order valence-electron chi connectivity index (χ1n) is 16.5. The molecule has 47 heavy (non-hydrogen) atoms. The van der Waals surface area contributed by atoms with Crippen LogP contribution in [0.4, 0.5) is 10.5 Å². The summed E-state index contributed by atoms with van der Waals surface area (Å²) in [5, 5.41) is 4.00. The van der Waals surface area contributed by atoms with Crippen LogP contribution in [-0.2, 0) is 20.1 Å². The molecule has 0 radical (unpaired) electrons. The van der Waals surface area contributed by atoms with Crippen molar-refractivity contribution in [2.24, 2.45) is 24.6 Å². The van der Waals surface area contributed by atoms with Crippen molar-refractivity contribution in [1.82, 2.24) is 28.9 Å². The van der Waals surface area contributed by atoms with Gasteiger partial charge in [0.1, 0.15) is 16.9 Å². The van der Waals surface area contributed by atoms with E-state index in [2.05, 4.69) is 38.7 Å². The van der Waals surface area contributed by atoms with E-state index in [-0.39, 0.29) is 24.0 Å². The summed E-state index contributed by atoms with van der Waals surface area (Å²) >= 11 is 0. The number of nitrogens with one attached hydrogen (secondary N) is 1. The van der Waals surface area contributed by atoms with Gasteiger partial charge in [0.2, 0.25) is 0 Å². The normalized spacial score (nSPS) is 22.0. The molecule has 1 saturated heterocycles. The average molecular weight is 631 g/mol. The monoisotopic (exact) mass is 630 g/mol. The first kappa shape index (κ1) is 28.3. The number of nitrogens with two attached hydrogens (primary N) is 1. The minimum Gasteiger partial charge on any atom is -0.494 e. The van der Waals surface area contributed by atoms with Crippen LogP contribution in [0.2, 0.25) is 0 Å². The summed E-state index contributed by atoms with van der Waals surface area (Å²) in [5.41, 5.74) is 14.3. The first-order chi connectivity index (χ1) is 22.8. The first-order valence-corrected chi connectivity index (χ1v) is 16.5. The van der Waals surface area contributed by atoms with Crippen molar-refractivity contribution in [1.29, 1.82) is 0 Å². The van der Waals surface area contributed by atoms with Crippen molar-refractivity contribution in [3.8, 4) is 28.5 Å². The lowest BCUT2D eigenvalue weighted by Crippen LogP contribution is -2.41. The highest BCUT2D eigenvalue weighted by Gasteiger charge is 2.47. The molecule has 3 unspecified atom stereocenters. The fourth-order valence-electron chi connectivity index (χ4n) is 8.03. The molecular formula is C36H38N8O3. The number of benzene rings is 2. The Morgan fingerprint density at radius 1 is 1.04 bits per heavy atom. The second-order valence-corrected chi connectivity index (χ2v) is 13.8. The molecule has 3 aromatic heterocycles. The van der Waals surface area contributed by atoms with Crippen LogP contribution in [0.15, 0.2) is 48.5 Å². The quantitative estimate of drug-likeness (QED) is 0.265. The molecule has 0 spiro atoms. The van der Waals surface area contributed by atoms with E-state index in [1.165, 1.54) is 12.8 Å². The van der Waals surface area contributed by atoms with Gasteiger partial charge in [-0.2, -0.15) is 0 Å². The molecule has 2 bridgehead atoms. The van der Waals surface area contributed by atoms with Crippen LogP contribution in [0.3, 0.4) is 0 Å². The third-order valence-electron chi connectivity index (χ3n) is 10.8. The number of rotatable bonds is 6. The number of amides is 3. The number of piperidine rings is 1. The standard InChI is InChI=1S/C36H38N8O3/c1-41-17-24-12-20(6-9-26(24)40-36(41)46)25-10-7-21-14-29(43(33(21)38-25)16-19-4-5-19)34-39-27-13-23(15-30(47-3)32(27)42(34)2)35(45)44-18-22-8-11-28(44)31(22)37/h6-7,9-10,12-15,19,22,28,31H,4-5,8,11,16-18,37H2,1-3H3,(H,40,46). The molecule has 5 aromatic rings. The fourth-order valence-corrected chi connectivity index (χ4v) is 8.03. The number of carbonyl (C=O) groups excluding carboxylic acids is 2. The minimum atomic E-state index is -0.0965. The van der Waals surface area contributed by atoms with E-state index < -0.39 is 0 Å². The average Bonchev–Trinajstić information content (AvgIpc) is 3.48. The maximum atomic E-state index is 13.8. The second-order valence-electron chi connectivity index (χ2n) is 13.8. The summed E-state index contributed by atoms with van der Waals surface area (Å²) in [6.45, 7) is 2.13. The Morgan fingerprint density at radius 2 is 1.89 bits per heavy atom. The van der Waals surface area contributed by atoms with E-state index in [1.807, 2.05) is 36.2 Å². The number of methoxy groups -OCH3 is 1. The molecule has 3 N–H and O–H groups in total. The van der Waals surface area contributed by atoms with E-state index in [0.29, 0.717) is 36.2 Å². The number of fused-ring (bicyclic) bond motifs is 5. The van der Waals surface area contributed by atoms with Gasteiger partial charge < -0.3 is 34.7 Å². The molecule has 5 heterocycles. The van der Waals surface area contributed by atoms with Gasteiger partial charge >= 0.3 is 6.03 Å². The Labute approximate surface area is 272 Å². The number of carbonyl (C=O) groups is 2. The van der Waals surface area contributed by atoms with Crippen LogP contribution in [0.5, 0.6) is 5.75 Å². The zero-order valence-electron chi connectivity index (χ0n) is 26.9. The van der Waals surface area contributed by atoms with Gasteiger partial charge in [0, 0.05) is 68.0 Å². The van der Waals surface area contributed by atoms with Crippen LogP contribution in [0, 0.1) is 11.8 Å². The van der Waals surface area contributed by atoms with Gasteiger partial charge in [-0.05, 0) is 85.5 Å². The lowest BCUT2D eigenvalue weighted by molar-refractivity contribution is 0.0700. The smallest absolute Gasteiger partial charge is 0.321 e. The van der Waals surface area contributed by atoms with Crippen molar-refractivity contribution in [3.05, 3.63) is 59.7 Å². The predicted octanol–water partition coefficient (Wildman–Crippen LogP) is 5.21. The van der Waals surface area contributed by atoms with E-state index >= 15 is 0 Å². The third kappa shape index (κ3) is 4.43. The predicted molar refractivity (Wildman–Crippen MR) is 180 cm³/mol. The Kier molecular flexibility index (Phi) is 6.21. The molecule has 2 saturated carbocycles. The van der Waals surface area contributed by atoms with Gasteiger partial charge in [0.05, 0.1) is 24.0 Å². The Hall–Kier alpha value is -4.90. The SMILES string of the molecule is COc1cc(C(=O)N2CC3CCC2C3N)cc2nc(-c3cc4ccc(-c5ccc6c(c5)CN(C)C(=O)N6)nc4n3CC3CC3)n(C)c12. The zero-order chi connectivity index (χ0) is 32.1. The summed E-state index contributed by atoms with van der Waals surface area (Å²) in [7, 11) is 5.45. The Balaban J connectivity index is 1.13. The van der Waals surface area contributed by atoms with Gasteiger partial charge in [-0.25, -0.2) is 14.8 Å². The van der Waals surface area contributed by atoms with Gasteiger partial charge in [-0.1, -0.05) is 6.07 Å². The lowest BCUT2D eigenvalue weighted by Gasteiger charge is -2.27. The molecule has 2 aliphatic carbocycles. The van der Waals surface area contributed by atoms with Crippen LogP contribution in [0.1, 0.15) is 41.6 Å². The van der Waals surface area contributed by atoms with Crippen LogP contribution >= 0.6 is 0 Å². The second kappa shape index (κ2) is 10.3. The van der Waals surface area contributed by atoms with Gasteiger partial charge in [-0.15, -0.1) is 0 Å². The molecule has 9 rings (SSSR count). The summed E-state index contributed by atoms with van der Waals surface area (Å²) in [5.74, 6) is 2.41. The molecule has 11 heteroatoms. The van der Waals surface area contributed by atoms with E-state index in [1.54, 1.807) is 19.1 Å². The number of hydrogen-bond donors (Lipinski definition) is 2. The molecule has 3 amide bonds. The zero-order valence-corrected chi connectivity index (χ0v) is 26.9. The number of likely N-dealkylation sites (tertiary alicyclic amines) is 1. The topological polar surface area (TPSA) is 124 Å². The van der Waals surface area contributed by atoms with Gasteiger partial charge in [-0.3, -0.25) is 4.79 Å². The Bertz CT molecular complexity index is 2130. The van der Waals surface area contributed by atoms with Crippen molar-refractivity contribution >= 4 is 39.7 Å². The summed E-state index contributed by atoms with van der Waals surface area (Å²) < 4.78 is 10.3. The van der Waals surface area contributed by atoms with Crippen LogP contribution in [-0.4, -0.2) is 73.6 Å². The highest BCUT2D eigenvalue weighted by Crippen LogP contribution is 2.40. The number of imidazole rings is 1. The fraction of sp³-hybridized carbons (Fsp3) is 0.389. The highest BCUT2D eigenvalue weighted by molar-refractivity contribution is 6.00. The van der Waals surface area contributed by atoms with Crippen molar-refractivity contribution in [2.75, 3.05) is 26.0 Å². The summed E-state index contributed by atoms with van der Waals surface area (Å²) in [6.07, 6.45) is 4.46. The maximum Gasteiger partial charge on any atom is 0.321 e. The van der Waals surface area contributed by atoms with Crippen LogP contribution in [0.25, 0.3) is 44.8 Å². The number of aryl methyl sites for hydroxylation is 1. The molecule has 3 fully saturated rings. The number of hydrogen-bond acceptors (Lipinski definition) is 6. The highest BCUT2D eigenvalue weighted by atomic mass is 16.5. The molecule has 4 aliphatic rings. The summed E-state index contributed by atoms with van der Waals surface area (Å²) in [6, 6.07) is 16.3. The van der Waals surface area contributed by atoms with Crippen molar-refractivity contribution in [2.45, 2.75) is 50.9 Å². The number of pyridine rings is 1. The Morgan fingerprint density at radius 3 is 2.64 bits per heavy atom. The number of nitrogens with zero attached hydrogens (tertiary/aromatic N) is 6. The molecule has 3 atom stereocenters. The largest absolute Gasteiger partial charge is 0.494 e. The third-order valence-corrected chi connectivity index (χ3v) is 10.8. The molecule has 2 aliphatic heterocycles. The van der Waals surface area contributed by atoms with E-state index in [0.717, 1.165) is 75.5 Å². The maximum absolute atomic E-state index is 13.8. The molecule has 11 nitrogen and oxygen atoms in total. The van der Waals surface area contributed by atoms with E-state index in [4.69, 9.17) is 20.4 Å². The van der Waals surface area contributed by atoms with Crippen LogP contribution < -0.4 is 15.8 Å². The van der Waals surface area contributed by atoms with Gasteiger partial charge in [0.25, 0.3) is 5.91 Å². The molecule has 240 valence electrons. The number of ether oxygens (including phenoxy) is 1. The van der Waals surface area contributed by atoms with Crippen molar-refractivity contribution in [3.63, 3.8) is 0 Å². The number of urea groups is 1. The molecule has 2 aromatic carbocycles. The summed E-state index contributed by atoms with van der Waals surface area (Å²) in [4.78, 5) is 39.9. The number of anilines is 1. The van der Waals surface area contributed by atoms with Gasteiger partial charge in [0.15, 0.2) is 5.82 Å². The number of aromatic nitrogens is 4. The van der Waals surface area contributed by atoms with Crippen molar-refractivity contribution < 1.29 is 14.3 Å². The minimum absolute atomic E-state index is 0.00386. The van der Waals surface area contributed by atoms with E-state index in [9.17, 15) is 9.59 Å².